The van der Waals surface area contributed by atoms with E-state index in [1.807, 2.05) is 37.3 Å². The van der Waals surface area contributed by atoms with E-state index in [1.54, 1.807) is 28.8 Å². The quantitative estimate of drug-likeness (QED) is 0.695. The number of nitrogens with zero attached hydrogens (tertiary/aromatic N) is 2. The summed E-state index contributed by atoms with van der Waals surface area (Å²) < 4.78 is 1.69. The molecule has 0 saturated carbocycles. The van der Waals surface area contributed by atoms with Gasteiger partial charge >= 0.3 is 0 Å². The molecule has 1 aromatic heterocycles. The first-order chi connectivity index (χ1) is 12.6. The molecule has 5 nitrogen and oxygen atoms in total. The first-order valence-electron chi connectivity index (χ1n) is 8.45. The molecule has 1 N–H and O–H groups in total. The predicted molar refractivity (Wildman–Crippen MR) is 102 cm³/mol. The van der Waals surface area contributed by atoms with Gasteiger partial charge in [0.25, 0.3) is 5.56 Å². The molecule has 0 aliphatic rings. The Balaban J connectivity index is 1.91. The molecule has 2 aromatic carbocycles. The van der Waals surface area contributed by atoms with Crippen LogP contribution in [0.5, 0.6) is 0 Å². The first-order valence-corrected chi connectivity index (χ1v) is 8.45. The van der Waals surface area contributed by atoms with Crippen LogP contribution in [0.25, 0.3) is 17.0 Å². The van der Waals surface area contributed by atoms with Crippen LogP contribution in [-0.4, -0.2) is 27.0 Å². The molecule has 26 heavy (non-hydrogen) atoms. The second-order valence-corrected chi connectivity index (χ2v) is 6.09. The second-order valence-electron chi connectivity index (χ2n) is 6.09. The molecule has 0 atom stereocenters. The fraction of sp³-hybridized carbons (Fsp3) is 0.190. The van der Waals surface area contributed by atoms with E-state index in [-0.39, 0.29) is 11.3 Å². The Morgan fingerprint density at radius 2 is 1.96 bits per heavy atom. The lowest BCUT2D eigenvalue weighted by atomic mass is 10.1. The zero-order valence-electron chi connectivity index (χ0n) is 14.6. The number of rotatable bonds is 6. The van der Waals surface area contributed by atoms with Crippen LogP contribution < -0.4 is 5.56 Å². The summed E-state index contributed by atoms with van der Waals surface area (Å²) in [6.45, 7) is 1.88. The second kappa shape index (κ2) is 7.89. The largest absolute Gasteiger partial charge is 0.388 e. The van der Waals surface area contributed by atoms with Gasteiger partial charge in [-0.25, -0.2) is 4.98 Å². The minimum atomic E-state index is -0.520. The van der Waals surface area contributed by atoms with E-state index in [9.17, 15) is 9.59 Å². The highest BCUT2D eigenvalue weighted by Gasteiger charge is 2.08. The van der Waals surface area contributed by atoms with E-state index in [4.69, 9.17) is 5.11 Å². The van der Waals surface area contributed by atoms with Gasteiger partial charge in [-0.05, 0) is 42.7 Å². The fourth-order valence-electron chi connectivity index (χ4n) is 2.84. The molecule has 132 valence electrons. The van der Waals surface area contributed by atoms with Crippen molar-refractivity contribution in [3.8, 4) is 0 Å². The van der Waals surface area contributed by atoms with Crippen LogP contribution in [-0.2, 0) is 17.8 Å². The molecule has 0 spiro atoms. The number of carbonyl (C=O) groups is 1. The van der Waals surface area contributed by atoms with Crippen LogP contribution in [0.4, 0.5) is 0 Å². The zero-order chi connectivity index (χ0) is 18.5. The molecule has 0 unspecified atom stereocenters. The first kappa shape index (κ1) is 17.8. The average Bonchev–Trinajstić information content (AvgIpc) is 2.66. The Hall–Kier alpha value is -3.05. The van der Waals surface area contributed by atoms with Crippen molar-refractivity contribution in [1.29, 1.82) is 0 Å². The Morgan fingerprint density at radius 1 is 1.19 bits per heavy atom. The van der Waals surface area contributed by atoms with Gasteiger partial charge in [0.15, 0.2) is 5.78 Å². The smallest absolute Gasteiger partial charge is 0.261 e. The molecule has 5 heteroatoms. The van der Waals surface area contributed by atoms with Crippen molar-refractivity contribution in [2.75, 3.05) is 6.61 Å². The van der Waals surface area contributed by atoms with Gasteiger partial charge in [0.1, 0.15) is 12.4 Å². The van der Waals surface area contributed by atoms with Crippen molar-refractivity contribution in [3.63, 3.8) is 0 Å². The predicted octanol–water partition coefficient (Wildman–Crippen LogP) is 2.52. The van der Waals surface area contributed by atoms with E-state index >= 15 is 0 Å². The Morgan fingerprint density at radius 3 is 2.69 bits per heavy atom. The van der Waals surface area contributed by atoms with Crippen LogP contribution in [0.15, 0.2) is 59.4 Å². The minimum Gasteiger partial charge on any atom is -0.388 e. The van der Waals surface area contributed by atoms with Crippen molar-refractivity contribution in [2.24, 2.45) is 0 Å². The van der Waals surface area contributed by atoms with Crippen LogP contribution in [0.1, 0.15) is 17.0 Å². The summed E-state index contributed by atoms with van der Waals surface area (Å²) in [5.74, 6) is 0.288. The summed E-state index contributed by atoms with van der Waals surface area (Å²) in [5, 5.41) is 9.31. The topological polar surface area (TPSA) is 72.2 Å². The lowest BCUT2D eigenvalue weighted by Gasteiger charge is -2.11. The van der Waals surface area contributed by atoms with E-state index in [0.29, 0.717) is 23.3 Å². The summed E-state index contributed by atoms with van der Waals surface area (Å²) in [7, 11) is 0. The summed E-state index contributed by atoms with van der Waals surface area (Å²) in [6, 6.07) is 15.3. The number of benzene rings is 2. The molecular weight excluding hydrogens is 328 g/mol. The highest BCUT2D eigenvalue weighted by atomic mass is 16.3. The van der Waals surface area contributed by atoms with Gasteiger partial charge in [-0.15, -0.1) is 0 Å². The third kappa shape index (κ3) is 3.95. The standard InChI is InChI=1S/C21H20N2O3/c1-15-22-20-13-17(7-9-18(25)14-24)8-10-19(20)21(26)23(15)12-11-16-5-3-2-4-6-16/h2-10,13,24H,11-12,14H2,1H3/b9-7+. The van der Waals surface area contributed by atoms with E-state index in [2.05, 4.69) is 4.98 Å². The lowest BCUT2D eigenvalue weighted by molar-refractivity contribution is -0.117. The third-order valence-electron chi connectivity index (χ3n) is 4.25. The molecule has 0 aliphatic heterocycles. The van der Waals surface area contributed by atoms with Gasteiger partial charge < -0.3 is 5.11 Å². The molecule has 1 heterocycles. The van der Waals surface area contributed by atoms with Crippen molar-refractivity contribution in [2.45, 2.75) is 19.9 Å². The third-order valence-corrected chi connectivity index (χ3v) is 4.25. The highest BCUT2D eigenvalue weighted by molar-refractivity contribution is 5.94. The SMILES string of the molecule is Cc1nc2cc(/C=C/C(=O)CO)ccc2c(=O)n1CCc1ccccc1. The van der Waals surface area contributed by atoms with E-state index in [1.165, 1.54) is 11.6 Å². The number of carbonyl (C=O) groups excluding carboxylic acids is 1. The number of hydrogen-bond acceptors (Lipinski definition) is 4. The highest BCUT2D eigenvalue weighted by Crippen LogP contribution is 2.13. The maximum atomic E-state index is 12.8. The van der Waals surface area contributed by atoms with Gasteiger partial charge in [-0.1, -0.05) is 42.5 Å². The molecule has 0 amide bonds. The Bertz CT molecular complexity index is 1020. The molecule has 0 saturated heterocycles. The minimum absolute atomic E-state index is 0.0644. The molecule has 0 aliphatic carbocycles. The van der Waals surface area contributed by atoms with Gasteiger partial charge in [0.2, 0.25) is 0 Å². The summed E-state index contributed by atoms with van der Waals surface area (Å²) in [6.07, 6.45) is 3.68. The number of aryl methyl sites for hydroxylation is 2. The van der Waals surface area contributed by atoms with Crippen LogP contribution in [0, 0.1) is 6.92 Å². The number of ketones is 1. The number of aliphatic hydroxyl groups excluding tert-OH is 1. The van der Waals surface area contributed by atoms with E-state index in [0.717, 1.165) is 12.0 Å². The van der Waals surface area contributed by atoms with Crippen molar-refractivity contribution >= 4 is 22.8 Å². The van der Waals surface area contributed by atoms with E-state index < -0.39 is 6.61 Å². The van der Waals surface area contributed by atoms with Crippen molar-refractivity contribution in [1.82, 2.24) is 9.55 Å². The molecule has 0 radical (unpaired) electrons. The summed E-state index contributed by atoms with van der Waals surface area (Å²) in [4.78, 5) is 28.5. The molecule has 0 fully saturated rings. The monoisotopic (exact) mass is 348 g/mol. The lowest BCUT2D eigenvalue weighted by Crippen LogP contribution is -2.24. The molecule has 3 aromatic rings. The zero-order valence-corrected chi connectivity index (χ0v) is 14.6. The van der Waals surface area contributed by atoms with Gasteiger partial charge in [-0.3, -0.25) is 14.2 Å². The fourth-order valence-corrected chi connectivity index (χ4v) is 2.84. The van der Waals surface area contributed by atoms with Crippen molar-refractivity contribution < 1.29 is 9.90 Å². The number of aliphatic hydroxyl groups is 1. The number of fused-ring (bicyclic) bond motifs is 1. The number of hydrogen-bond donors (Lipinski definition) is 1. The maximum absolute atomic E-state index is 12.8. The molecular formula is C21H20N2O3. The number of aromatic nitrogens is 2. The summed E-state index contributed by atoms with van der Waals surface area (Å²) in [5.41, 5.74) is 2.47. The van der Waals surface area contributed by atoms with Gasteiger partial charge in [0.05, 0.1) is 10.9 Å². The molecule has 3 rings (SSSR count). The van der Waals surface area contributed by atoms with Crippen LogP contribution in [0.3, 0.4) is 0 Å². The summed E-state index contributed by atoms with van der Waals surface area (Å²) >= 11 is 0. The van der Waals surface area contributed by atoms with Crippen molar-refractivity contribution in [3.05, 3.63) is 81.9 Å². The molecule has 0 bridgehead atoms. The normalized spacial score (nSPS) is 11.3. The van der Waals surface area contributed by atoms with Gasteiger partial charge in [-0.2, -0.15) is 0 Å². The Labute approximate surface area is 151 Å². The van der Waals surface area contributed by atoms with Crippen LogP contribution in [0.2, 0.25) is 0 Å². The maximum Gasteiger partial charge on any atom is 0.261 e. The van der Waals surface area contributed by atoms with Gasteiger partial charge in [0, 0.05) is 6.54 Å². The Kier molecular flexibility index (Phi) is 5.39. The average molecular weight is 348 g/mol. The van der Waals surface area contributed by atoms with Crippen LogP contribution >= 0.6 is 0 Å².